The third-order valence-electron chi connectivity index (χ3n) is 3.78. The number of hydrogen-bond acceptors (Lipinski definition) is 5. The van der Waals surface area contributed by atoms with Crippen LogP contribution < -0.4 is 19.5 Å². The number of rotatable bonds is 8. The molecule has 1 aliphatic heterocycles. The van der Waals surface area contributed by atoms with Crippen LogP contribution in [0.15, 0.2) is 46.9 Å². The van der Waals surface area contributed by atoms with Gasteiger partial charge in [0.15, 0.2) is 17.3 Å². The molecule has 0 fully saturated rings. The molecule has 26 heavy (non-hydrogen) atoms. The summed E-state index contributed by atoms with van der Waals surface area (Å²) in [4.78, 5) is 23.9. The minimum Gasteiger partial charge on any atom is -0.492 e. The van der Waals surface area contributed by atoms with Crippen molar-refractivity contribution in [2.45, 2.75) is 12.8 Å². The van der Waals surface area contributed by atoms with Crippen LogP contribution in [0.2, 0.25) is 0 Å². The summed E-state index contributed by atoms with van der Waals surface area (Å²) in [5.74, 6) is 1.77. The highest BCUT2D eigenvalue weighted by molar-refractivity contribution is 9.10. The molecule has 1 amide bonds. The first-order valence-corrected chi connectivity index (χ1v) is 8.99. The second kappa shape index (κ2) is 8.71. The second-order valence-electron chi connectivity index (χ2n) is 5.64. The van der Waals surface area contributed by atoms with Gasteiger partial charge in [-0.25, -0.2) is 0 Å². The van der Waals surface area contributed by atoms with E-state index in [-0.39, 0.29) is 31.3 Å². The van der Waals surface area contributed by atoms with E-state index in [1.807, 2.05) is 0 Å². The van der Waals surface area contributed by atoms with Crippen LogP contribution in [0.25, 0.3) is 0 Å². The van der Waals surface area contributed by atoms with E-state index in [0.717, 1.165) is 4.47 Å². The fourth-order valence-corrected chi connectivity index (χ4v) is 2.69. The molecule has 0 atom stereocenters. The summed E-state index contributed by atoms with van der Waals surface area (Å²) in [6, 6.07) is 12.4. The fraction of sp³-hybridized carbons (Fsp3) is 0.263. The number of nitrogens with one attached hydrogen (secondary N) is 1. The van der Waals surface area contributed by atoms with Gasteiger partial charge in [-0.05, 0) is 24.3 Å². The minimum atomic E-state index is -0.176. The van der Waals surface area contributed by atoms with Gasteiger partial charge in [0.05, 0.1) is 6.54 Å². The van der Waals surface area contributed by atoms with Gasteiger partial charge in [0.1, 0.15) is 12.4 Å². The second-order valence-corrected chi connectivity index (χ2v) is 6.56. The van der Waals surface area contributed by atoms with Crippen LogP contribution in [0, 0.1) is 0 Å². The normalized spacial score (nSPS) is 11.9. The molecule has 0 unspecified atom stereocenters. The smallest absolute Gasteiger partial charge is 0.231 e. The van der Waals surface area contributed by atoms with E-state index < -0.39 is 0 Å². The highest BCUT2D eigenvalue weighted by Gasteiger charge is 2.13. The Balaban J connectivity index is 1.34. The van der Waals surface area contributed by atoms with E-state index in [4.69, 9.17) is 14.2 Å². The van der Waals surface area contributed by atoms with Crippen LogP contribution in [0.1, 0.15) is 23.2 Å². The summed E-state index contributed by atoms with van der Waals surface area (Å²) < 4.78 is 17.0. The predicted molar refractivity (Wildman–Crippen MR) is 98.8 cm³/mol. The molecule has 2 aromatic rings. The Bertz CT molecular complexity index is 791. The topological polar surface area (TPSA) is 73.9 Å². The highest BCUT2D eigenvalue weighted by Crippen LogP contribution is 2.34. The largest absolute Gasteiger partial charge is 0.492 e. The Morgan fingerprint density at radius 3 is 2.62 bits per heavy atom. The zero-order chi connectivity index (χ0) is 18.4. The van der Waals surface area contributed by atoms with Crippen LogP contribution >= 0.6 is 15.9 Å². The van der Waals surface area contributed by atoms with Gasteiger partial charge in [-0.15, -0.1) is 0 Å². The van der Waals surface area contributed by atoms with Gasteiger partial charge in [0.25, 0.3) is 0 Å². The number of hydrogen-bond donors (Lipinski definition) is 1. The van der Waals surface area contributed by atoms with Gasteiger partial charge in [0.2, 0.25) is 12.7 Å². The van der Waals surface area contributed by atoms with Crippen LogP contribution in [0.5, 0.6) is 17.2 Å². The van der Waals surface area contributed by atoms with Crippen LogP contribution in [0.3, 0.4) is 0 Å². The summed E-state index contributed by atoms with van der Waals surface area (Å²) in [5, 5.41) is 2.74. The molecule has 0 radical (unpaired) electrons. The zero-order valence-corrected chi connectivity index (χ0v) is 15.6. The van der Waals surface area contributed by atoms with Crippen molar-refractivity contribution in [3.63, 3.8) is 0 Å². The molecule has 0 aromatic heterocycles. The number of carbonyl (C=O) groups excluding carboxylic acids is 2. The molecule has 7 heteroatoms. The number of halogens is 1. The molecule has 6 nitrogen and oxygen atoms in total. The van der Waals surface area contributed by atoms with E-state index in [9.17, 15) is 9.59 Å². The van der Waals surface area contributed by atoms with E-state index in [2.05, 4.69) is 21.2 Å². The van der Waals surface area contributed by atoms with E-state index in [1.54, 1.807) is 42.5 Å². The number of ether oxygens (including phenoxy) is 3. The summed E-state index contributed by atoms with van der Waals surface area (Å²) in [6.45, 7) is 0.902. The quantitative estimate of drug-likeness (QED) is 0.524. The zero-order valence-electron chi connectivity index (χ0n) is 14.0. The van der Waals surface area contributed by atoms with Crippen molar-refractivity contribution < 1.29 is 23.8 Å². The van der Waals surface area contributed by atoms with Gasteiger partial charge in [0, 0.05) is 28.9 Å². The summed E-state index contributed by atoms with van der Waals surface area (Å²) in [6.07, 6.45) is 0.329. The van der Waals surface area contributed by atoms with Crippen molar-refractivity contribution in [2.24, 2.45) is 0 Å². The number of benzene rings is 2. The molecule has 1 aliphatic rings. The fourth-order valence-electron chi connectivity index (χ4n) is 2.42. The Labute approximate surface area is 159 Å². The maximum Gasteiger partial charge on any atom is 0.231 e. The molecule has 0 saturated carbocycles. The molecule has 3 rings (SSSR count). The Hall–Kier alpha value is -2.54. The third-order valence-corrected chi connectivity index (χ3v) is 4.31. The standard InChI is InChI=1S/C19H18BrNO5/c20-14-3-1-13(2-4-14)16(22)6-8-19(23)21-9-10-24-15-5-7-17-18(11-15)26-12-25-17/h1-5,7,11H,6,8-10,12H2,(H,21,23). The number of fused-ring (bicyclic) bond motifs is 1. The van der Waals surface area contributed by atoms with E-state index >= 15 is 0 Å². The van der Waals surface area contributed by atoms with Gasteiger partial charge in [-0.3, -0.25) is 9.59 Å². The monoisotopic (exact) mass is 419 g/mol. The van der Waals surface area contributed by atoms with Gasteiger partial charge < -0.3 is 19.5 Å². The SMILES string of the molecule is O=C(CCC(=O)c1ccc(Br)cc1)NCCOc1ccc2c(c1)OCO2. The lowest BCUT2D eigenvalue weighted by Gasteiger charge is -2.08. The Morgan fingerprint density at radius 1 is 1.04 bits per heavy atom. The molecule has 0 aliphatic carbocycles. The van der Waals surface area contributed by atoms with Crippen molar-refractivity contribution in [2.75, 3.05) is 19.9 Å². The van der Waals surface area contributed by atoms with Crippen LogP contribution in [0.4, 0.5) is 0 Å². The minimum absolute atomic E-state index is 0.0516. The Kier molecular flexibility index (Phi) is 6.12. The number of carbonyl (C=O) groups is 2. The average molecular weight is 420 g/mol. The summed E-state index contributed by atoms with van der Waals surface area (Å²) >= 11 is 3.32. The highest BCUT2D eigenvalue weighted by atomic mass is 79.9. The van der Waals surface area contributed by atoms with Crippen LogP contribution in [-0.2, 0) is 4.79 Å². The first-order valence-electron chi connectivity index (χ1n) is 8.20. The lowest BCUT2D eigenvalue weighted by molar-refractivity contribution is -0.121. The molecule has 1 N–H and O–H groups in total. The van der Waals surface area contributed by atoms with Gasteiger partial charge in [-0.1, -0.05) is 28.1 Å². The van der Waals surface area contributed by atoms with Gasteiger partial charge >= 0.3 is 0 Å². The maximum absolute atomic E-state index is 12.0. The predicted octanol–water partition coefficient (Wildman–Crippen LogP) is 3.34. The van der Waals surface area contributed by atoms with E-state index in [0.29, 0.717) is 36.0 Å². The summed E-state index contributed by atoms with van der Waals surface area (Å²) in [7, 11) is 0. The van der Waals surface area contributed by atoms with Crippen molar-refractivity contribution in [3.05, 3.63) is 52.5 Å². The van der Waals surface area contributed by atoms with E-state index in [1.165, 1.54) is 0 Å². The number of amides is 1. The third kappa shape index (κ3) is 4.98. The average Bonchev–Trinajstić information content (AvgIpc) is 3.11. The molecular weight excluding hydrogens is 402 g/mol. The molecule has 0 bridgehead atoms. The summed E-state index contributed by atoms with van der Waals surface area (Å²) in [5.41, 5.74) is 0.604. The molecule has 1 heterocycles. The van der Waals surface area contributed by atoms with Crippen molar-refractivity contribution in [3.8, 4) is 17.2 Å². The van der Waals surface area contributed by atoms with Gasteiger partial charge in [-0.2, -0.15) is 0 Å². The van der Waals surface area contributed by atoms with Crippen molar-refractivity contribution in [1.82, 2.24) is 5.32 Å². The molecule has 0 saturated heterocycles. The van der Waals surface area contributed by atoms with Crippen molar-refractivity contribution >= 4 is 27.6 Å². The van der Waals surface area contributed by atoms with Crippen molar-refractivity contribution in [1.29, 1.82) is 0 Å². The number of ketones is 1. The van der Waals surface area contributed by atoms with Crippen LogP contribution in [-0.4, -0.2) is 31.6 Å². The number of Topliss-reactive ketones (excluding diaryl/α,β-unsaturated/α-hetero) is 1. The maximum atomic E-state index is 12.0. The lowest BCUT2D eigenvalue weighted by Crippen LogP contribution is -2.28. The molecule has 2 aromatic carbocycles. The Morgan fingerprint density at radius 2 is 1.81 bits per heavy atom. The molecule has 136 valence electrons. The molecule has 0 spiro atoms. The first-order chi connectivity index (χ1) is 12.6. The lowest BCUT2D eigenvalue weighted by atomic mass is 10.1. The molecular formula is C19H18BrNO5. The first kappa shape index (κ1) is 18.3.